The van der Waals surface area contributed by atoms with E-state index < -0.39 is 0 Å². The Hall–Kier alpha value is -1.68. The Morgan fingerprint density at radius 2 is 2.22 bits per heavy atom. The Bertz CT molecular complexity index is 491. The number of aryl methyl sites for hydroxylation is 1. The molecule has 1 unspecified atom stereocenters. The van der Waals surface area contributed by atoms with Gasteiger partial charge in [-0.2, -0.15) is 0 Å². The van der Waals surface area contributed by atoms with Crippen molar-refractivity contribution in [3.63, 3.8) is 0 Å². The molecular weight excluding hydrogens is 224 g/mol. The van der Waals surface area contributed by atoms with E-state index in [2.05, 4.69) is 22.2 Å². The quantitative estimate of drug-likeness (QED) is 0.849. The standard InChI is InChI=1S/C14H20N4/c1-4-11(8-15-3)14-17-10(2)7-13(18-14)12-5-6-16-9-12/h5-7,9,11,15-16H,4,8H2,1-3H3. The summed E-state index contributed by atoms with van der Waals surface area (Å²) in [7, 11) is 1.96. The van der Waals surface area contributed by atoms with Crippen molar-refractivity contribution < 1.29 is 0 Å². The Morgan fingerprint density at radius 1 is 1.39 bits per heavy atom. The predicted molar refractivity (Wildman–Crippen MR) is 73.5 cm³/mol. The molecule has 1 atom stereocenters. The van der Waals surface area contributed by atoms with Gasteiger partial charge in [0.05, 0.1) is 5.69 Å². The number of rotatable bonds is 5. The smallest absolute Gasteiger partial charge is 0.133 e. The number of H-pyrrole nitrogens is 1. The maximum atomic E-state index is 4.69. The SMILES string of the molecule is CCC(CNC)c1nc(C)cc(-c2cc[nH]c2)n1. The summed E-state index contributed by atoms with van der Waals surface area (Å²) in [5.74, 6) is 1.30. The molecule has 2 aromatic heterocycles. The van der Waals surface area contributed by atoms with Crippen LogP contribution in [0.1, 0.15) is 30.8 Å². The summed E-state index contributed by atoms with van der Waals surface area (Å²) in [6.45, 7) is 5.10. The molecule has 0 saturated carbocycles. The van der Waals surface area contributed by atoms with Crippen molar-refractivity contribution in [1.82, 2.24) is 20.3 Å². The zero-order valence-corrected chi connectivity index (χ0v) is 11.2. The van der Waals surface area contributed by atoms with E-state index in [-0.39, 0.29) is 0 Å². The molecule has 2 N–H and O–H groups in total. The lowest BCUT2D eigenvalue weighted by atomic mass is 10.1. The molecule has 96 valence electrons. The third-order valence-corrected chi connectivity index (χ3v) is 3.07. The third kappa shape index (κ3) is 2.76. The zero-order chi connectivity index (χ0) is 13.0. The lowest BCUT2D eigenvalue weighted by Gasteiger charge is -2.14. The summed E-state index contributed by atoms with van der Waals surface area (Å²) in [5.41, 5.74) is 3.13. The molecule has 0 spiro atoms. The number of likely N-dealkylation sites (N-methyl/N-ethyl adjacent to an activating group) is 1. The molecule has 0 aliphatic carbocycles. The van der Waals surface area contributed by atoms with Gasteiger partial charge in [-0.05, 0) is 32.5 Å². The van der Waals surface area contributed by atoms with Crippen molar-refractivity contribution in [2.24, 2.45) is 0 Å². The second-order valence-electron chi connectivity index (χ2n) is 4.52. The normalized spacial score (nSPS) is 12.6. The molecule has 0 saturated heterocycles. The molecule has 0 aliphatic heterocycles. The largest absolute Gasteiger partial charge is 0.367 e. The van der Waals surface area contributed by atoms with Crippen molar-refractivity contribution >= 4 is 0 Å². The van der Waals surface area contributed by atoms with Crippen LogP contribution in [0.15, 0.2) is 24.5 Å². The zero-order valence-electron chi connectivity index (χ0n) is 11.2. The van der Waals surface area contributed by atoms with E-state index in [9.17, 15) is 0 Å². The number of nitrogens with zero attached hydrogens (tertiary/aromatic N) is 2. The van der Waals surface area contributed by atoms with Crippen molar-refractivity contribution in [2.45, 2.75) is 26.2 Å². The van der Waals surface area contributed by atoms with E-state index in [4.69, 9.17) is 4.98 Å². The van der Waals surface area contributed by atoms with Gasteiger partial charge in [0, 0.05) is 36.1 Å². The summed E-state index contributed by atoms with van der Waals surface area (Å²) in [4.78, 5) is 12.3. The van der Waals surface area contributed by atoms with Crippen LogP contribution in [0.3, 0.4) is 0 Å². The van der Waals surface area contributed by atoms with Gasteiger partial charge in [0.2, 0.25) is 0 Å². The minimum Gasteiger partial charge on any atom is -0.367 e. The minimum absolute atomic E-state index is 0.368. The van der Waals surface area contributed by atoms with E-state index >= 15 is 0 Å². The highest BCUT2D eigenvalue weighted by molar-refractivity contribution is 5.58. The molecule has 2 aromatic rings. The maximum Gasteiger partial charge on any atom is 0.133 e. The molecule has 0 amide bonds. The Morgan fingerprint density at radius 3 is 2.83 bits per heavy atom. The van der Waals surface area contributed by atoms with Crippen molar-refractivity contribution in [3.05, 3.63) is 36.0 Å². The summed E-state index contributed by atoms with van der Waals surface area (Å²) in [5, 5.41) is 3.20. The molecule has 0 aromatic carbocycles. The van der Waals surface area contributed by atoms with Gasteiger partial charge < -0.3 is 10.3 Å². The number of hydrogen-bond donors (Lipinski definition) is 2. The highest BCUT2D eigenvalue weighted by atomic mass is 14.9. The summed E-state index contributed by atoms with van der Waals surface area (Å²) >= 11 is 0. The molecule has 0 bridgehead atoms. The van der Waals surface area contributed by atoms with E-state index in [1.807, 2.05) is 38.5 Å². The second kappa shape index (κ2) is 5.78. The second-order valence-corrected chi connectivity index (χ2v) is 4.52. The van der Waals surface area contributed by atoms with E-state index in [0.717, 1.165) is 35.7 Å². The first-order valence-corrected chi connectivity index (χ1v) is 6.38. The number of aromatic nitrogens is 3. The van der Waals surface area contributed by atoms with Crippen molar-refractivity contribution in [3.8, 4) is 11.3 Å². The average Bonchev–Trinajstić information content (AvgIpc) is 2.89. The van der Waals surface area contributed by atoms with Gasteiger partial charge in [0.25, 0.3) is 0 Å². The van der Waals surface area contributed by atoms with Crippen LogP contribution in [0.25, 0.3) is 11.3 Å². The molecule has 4 heteroatoms. The van der Waals surface area contributed by atoms with Crippen LogP contribution in [-0.2, 0) is 0 Å². The summed E-state index contributed by atoms with van der Waals surface area (Å²) in [6, 6.07) is 4.06. The molecule has 18 heavy (non-hydrogen) atoms. The first-order valence-electron chi connectivity index (χ1n) is 6.38. The van der Waals surface area contributed by atoms with Crippen LogP contribution < -0.4 is 5.32 Å². The van der Waals surface area contributed by atoms with E-state index in [0.29, 0.717) is 5.92 Å². The van der Waals surface area contributed by atoms with Gasteiger partial charge in [-0.3, -0.25) is 0 Å². The van der Waals surface area contributed by atoms with Crippen LogP contribution in [0.2, 0.25) is 0 Å². The van der Waals surface area contributed by atoms with Gasteiger partial charge in [-0.15, -0.1) is 0 Å². The van der Waals surface area contributed by atoms with Crippen LogP contribution in [0.4, 0.5) is 0 Å². The Labute approximate surface area is 108 Å². The lowest BCUT2D eigenvalue weighted by molar-refractivity contribution is 0.579. The average molecular weight is 244 g/mol. The fourth-order valence-corrected chi connectivity index (χ4v) is 2.07. The van der Waals surface area contributed by atoms with Crippen LogP contribution in [0, 0.1) is 6.92 Å². The molecule has 0 radical (unpaired) electrons. The van der Waals surface area contributed by atoms with Crippen LogP contribution in [-0.4, -0.2) is 28.5 Å². The van der Waals surface area contributed by atoms with Gasteiger partial charge in [-0.25, -0.2) is 9.97 Å². The van der Waals surface area contributed by atoms with E-state index in [1.54, 1.807) is 0 Å². The first-order chi connectivity index (χ1) is 8.74. The van der Waals surface area contributed by atoms with Crippen LogP contribution >= 0.6 is 0 Å². The minimum atomic E-state index is 0.368. The third-order valence-electron chi connectivity index (χ3n) is 3.07. The van der Waals surface area contributed by atoms with Gasteiger partial charge in [0.1, 0.15) is 5.82 Å². The number of nitrogens with one attached hydrogen (secondary N) is 2. The summed E-state index contributed by atoms with van der Waals surface area (Å²) < 4.78 is 0. The number of aromatic amines is 1. The van der Waals surface area contributed by atoms with Crippen LogP contribution in [0.5, 0.6) is 0 Å². The molecule has 0 aliphatic rings. The molecule has 2 heterocycles. The first kappa shape index (κ1) is 12.8. The maximum absolute atomic E-state index is 4.69. The topological polar surface area (TPSA) is 53.6 Å². The highest BCUT2D eigenvalue weighted by Gasteiger charge is 2.13. The molecular formula is C14H20N4. The van der Waals surface area contributed by atoms with Gasteiger partial charge >= 0.3 is 0 Å². The van der Waals surface area contributed by atoms with Gasteiger partial charge in [-0.1, -0.05) is 6.92 Å². The Balaban J connectivity index is 2.37. The molecule has 4 nitrogen and oxygen atoms in total. The fourth-order valence-electron chi connectivity index (χ4n) is 2.07. The fraction of sp³-hybridized carbons (Fsp3) is 0.429. The monoisotopic (exact) mass is 244 g/mol. The van der Waals surface area contributed by atoms with Crippen molar-refractivity contribution in [1.29, 1.82) is 0 Å². The Kier molecular flexibility index (Phi) is 4.10. The van der Waals surface area contributed by atoms with Crippen molar-refractivity contribution in [2.75, 3.05) is 13.6 Å². The summed E-state index contributed by atoms with van der Waals surface area (Å²) in [6.07, 6.45) is 4.92. The molecule has 0 fully saturated rings. The molecule has 2 rings (SSSR count). The van der Waals surface area contributed by atoms with Gasteiger partial charge in [0.15, 0.2) is 0 Å². The van der Waals surface area contributed by atoms with E-state index in [1.165, 1.54) is 0 Å². The lowest BCUT2D eigenvalue weighted by Crippen LogP contribution is -2.19. The highest BCUT2D eigenvalue weighted by Crippen LogP contribution is 2.21. The number of hydrogen-bond acceptors (Lipinski definition) is 3. The predicted octanol–water partition coefficient (Wildman–Crippen LogP) is 2.49.